The first-order valence-electron chi connectivity index (χ1n) is 36.5. The summed E-state index contributed by atoms with van der Waals surface area (Å²) >= 11 is 0. The second-order valence-corrected chi connectivity index (χ2v) is 26.1. The van der Waals surface area contributed by atoms with Crippen molar-refractivity contribution in [3.8, 4) is 0 Å². The van der Waals surface area contributed by atoms with Gasteiger partial charge < -0.3 is 142 Å². The molecule has 14 atom stereocenters. The van der Waals surface area contributed by atoms with E-state index in [9.17, 15) is 93.6 Å². The van der Waals surface area contributed by atoms with Gasteiger partial charge in [-0.2, -0.15) is 0 Å². The first-order valence-corrected chi connectivity index (χ1v) is 36.5. The molecule has 6 unspecified atom stereocenters. The summed E-state index contributed by atoms with van der Waals surface area (Å²) in [6.07, 6.45) is -9.07. The number of unbranched alkanes of at least 4 members (excludes halogenated alkanes) is 3. The molecule has 3 saturated heterocycles. The Kier molecular flexibility index (Phi) is 47.9. The van der Waals surface area contributed by atoms with Gasteiger partial charge in [-0.15, -0.1) is 0 Å². The summed E-state index contributed by atoms with van der Waals surface area (Å²) in [5.74, 6) is -4.07. The highest BCUT2D eigenvalue weighted by molar-refractivity contribution is 5.80. The fraction of sp³-hybridized carbons (Fsp3) is 0.836. The van der Waals surface area contributed by atoms with Gasteiger partial charge in [0.1, 0.15) is 60.3 Å². The van der Waals surface area contributed by atoms with E-state index in [1.807, 2.05) is 0 Å². The van der Waals surface area contributed by atoms with E-state index in [2.05, 4.69) is 58.5 Å². The summed E-state index contributed by atoms with van der Waals surface area (Å²) in [5, 5.41) is 110. The van der Waals surface area contributed by atoms with E-state index in [1.54, 1.807) is 0 Å². The highest BCUT2D eigenvalue weighted by atomic mass is 16.7. The van der Waals surface area contributed by atoms with Crippen LogP contribution in [0.4, 0.5) is 0 Å². The molecule has 3 heterocycles. The Balaban J connectivity index is 1.50. The van der Waals surface area contributed by atoms with Crippen LogP contribution in [-0.4, -0.2) is 323 Å². The zero-order valence-electron chi connectivity index (χ0n) is 61.5. The van der Waals surface area contributed by atoms with Crippen LogP contribution in [0.25, 0.3) is 0 Å². The molecule has 0 aliphatic carbocycles. The number of amides is 11. The maximum Gasteiger partial charge on any atom is 0.222 e. The van der Waals surface area contributed by atoms with Crippen molar-refractivity contribution in [1.29, 1.82) is 0 Å². The lowest BCUT2D eigenvalue weighted by molar-refractivity contribution is -0.270. The van der Waals surface area contributed by atoms with Gasteiger partial charge >= 0.3 is 0 Å². The lowest BCUT2D eigenvalue weighted by atomic mass is 9.97. The second-order valence-electron chi connectivity index (χ2n) is 26.1. The number of hydrogen-bond donors (Lipinski definition) is 19. The average Bonchev–Trinajstić information content (AvgIpc) is 0.816. The monoisotopic (exact) mass is 1530 g/mol. The molecule has 3 rings (SSSR count). The summed E-state index contributed by atoms with van der Waals surface area (Å²) in [5.41, 5.74) is -1.47. The number of rotatable bonds is 56. The third-order valence-electron chi connectivity index (χ3n) is 16.9. The summed E-state index contributed by atoms with van der Waals surface area (Å²) in [6, 6.07) is -3.01. The quantitative estimate of drug-likeness (QED) is 0.0252. The van der Waals surface area contributed by atoms with E-state index in [1.165, 1.54) is 27.8 Å². The molecule has 3 fully saturated rings. The van der Waals surface area contributed by atoms with Gasteiger partial charge in [-0.05, 0) is 64.2 Å². The van der Waals surface area contributed by atoms with Crippen molar-refractivity contribution in [2.24, 2.45) is 0 Å². The number of carbonyl (C=O) groups excluding carboxylic acids is 11. The van der Waals surface area contributed by atoms with Crippen LogP contribution in [0.2, 0.25) is 0 Å². The second kappa shape index (κ2) is 54.1. The molecule has 19 N–H and O–H groups in total. The van der Waals surface area contributed by atoms with Crippen molar-refractivity contribution in [3.05, 3.63) is 0 Å². The molecular weight excluding hydrogens is 1410 g/mol. The number of aliphatic hydroxyl groups excluding tert-OH is 8. The van der Waals surface area contributed by atoms with E-state index >= 15 is 0 Å². The zero-order valence-corrected chi connectivity index (χ0v) is 61.5. The Hall–Kier alpha value is -6.51. The fourth-order valence-electron chi connectivity index (χ4n) is 11.2. The molecular formula is C67H119N11O28. The van der Waals surface area contributed by atoms with Crippen molar-refractivity contribution >= 4 is 65.0 Å². The van der Waals surface area contributed by atoms with E-state index in [0.29, 0.717) is 57.8 Å². The van der Waals surface area contributed by atoms with E-state index in [-0.39, 0.29) is 205 Å². The fourth-order valence-corrected chi connectivity index (χ4v) is 11.2. The third-order valence-corrected chi connectivity index (χ3v) is 16.9. The van der Waals surface area contributed by atoms with Crippen LogP contribution >= 0.6 is 0 Å². The summed E-state index contributed by atoms with van der Waals surface area (Å²) in [6.45, 7) is 2.59. The molecule has 0 aromatic rings. The van der Waals surface area contributed by atoms with Crippen molar-refractivity contribution in [2.75, 3.05) is 126 Å². The SMILES string of the molecule is CNC(=O)CCCC(=O)NC(COCCC(=O)NCCCNC(=O)CCCCO[C@@H]1OC(CO)CC(O)[C@@H]1NC(C)=O)(COCCC(=O)NCCCNC(=O)CCCCO[C@@H]1OC(CO)[C@H](O)C(O)[C@@H]1NC(C)=O)COCCC(=O)NCCCNC(=O)CCCCO[C@@H]1OC(CO)[C@H](O)C(O)[C@@H]1NC(C)=O. The van der Waals surface area contributed by atoms with Crippen LogP contribution in [-0.2, 0) is 95.4 Å². The topological polar surface area (TPSA) is 565 Å². The van der Waals surface area contributed by atoms with Gasteiger partial charge in [0.15, 0.2) is 18.9 Å². The molecule has 0 radical (unpaired) electrons. The molecule has 0 aromatic carbocycles. The van der Waals surface area contributed by atoms with Gasteiger partial charge in [-0.1, -0.05) is 0 Å². The molecule has 39 heteroatoms. The first kappa shape index (κ1) is 93.7. The van der Waals surface area contributed by atoms with Gasteiger partial charge in [0.05, 0.1) is 71.7 Å². The standard InChI is InChI=1S/C67H119N11O28/c1-42(82)75-57-46(85)35-45(36-79)104-64(57)101-29-8-5-15-50(87)69-23-12-26-72-53(90)20-32-98-39-67(78-56(93)19-11-18-49(86)68-4,40-99-33-21-54(91)73-27-13-24-70-51(88)16-6-9-30-102-65-58(76-43(2)83)62(96)60(94)47(37-80)105-65)41-100-34-22-55(92)74-28-14-25-71-52(89)17-7-10-31-103-66-59(77-44(3)84)63(97)61(95)48(38-81)106-66/h45-48,57-66,79-81,85,94-97H,5-41H2,1-4H3,(H,68,86)(H,69,87)(H,70,88)(H,71,89)(H,72,90)(H,73,91)(H,74,92)(H,75,82)(H,76,83)(H,77,84)(H,78,93)/t45?,46?,47?,48?,57-,58-,59-,60-,61-,62?,63?,64+,65+,66+,67?/m0/s1. The minimum atomic E-state index is -1.47. The normalized spacial score (nSPS) is 24.1. The van der Waals surface area contributed by atoms with Crippen LogP contribution in [0.15, 0.2) is 0 Å². The lowest BCUT2D eigenvalue weighted by Gasteiger charge is -2.42. The van der Waals surface area contributed by atoms with Gasteiger partial charge in [0, 0.05) is 145 Å². The van der Waals surface area contributed by atoms with Crippen molar-refractivity contribution < 1.29 is 136 Å². The van der Waals surface area contributed by atoms with Crippen LogP contribution < -0.4 is 58.5 Å². The average molecular weight is 1530 g/mol. The number of aliphatic hydroxyl groups is 8. The molecule has 0 bridgehead atoms. The van der Waals surface area contributed by atoms with E-state index < -0.39 is 134 Å². The predicted octanol–water partition coefficient (Wildman–Crippen LogP) is -6.73. The number of ether oxygens (including phenoxy) is 9. The van der Waals surface area contributed by atoms with Gasteiger partial charge in [-0.25, -0.2) is 0 Å². The van der Waals surface area contributed by atoms with Crippen LogP contribution in [0.3, 0.4) is 0 Å². The molecule has 106 heavy (non-hydrogen) atoms. The van der Waals surface area contributed by atoms with Crippen LogP contribution in [0, 0.1) is 0 Å². The highest BCUT2D eigenvalue weighted by Crippen LogP contribution is 2.26. The minimum Gasteiger partial charge on any atom is -0.394 e. The summed E-state index contributed by atoms with van der Waals surface area (Å²) in [4.78, 5) is 137. The first-order chi connectivity index (χ1) is 50.7. The Morgan fingerprint density at radius 3 is 1.02 bits per heavy atom. The molecule has 0 saturated carbocycles. The highest BCUT2D eigenvalue weighted by Gasteiger charge is 2.47. The molecule has 0 spiro atoms. The van der Waals surface area contributed by atoms with Crippen LogP contribution in [0.5, 0.6) is 0 Å². The number of hydrogen-bond acceptors (Lipinski definition) is 28. The Labute approximate surface area is 617 Å². The molecule has 0 aromatic heterocycles. The smallest absolute Gasteiger partial charge is 0.222 e. The molecule has 39 nitrogen and oxygen atoms in total. The maximum atomic E-state index is 13.6. The molecule has 3 aliphatic heterocycles. The minimum absolute atomic E-state index is 0.0437. The van der Waals surface area contributed by atoms with E-state index in [0.717, 1.165) is 0 Å². The lowest BCUT2D eigenvalue weighted by Crippen LogP contribution is -2.64. The number of carbonyl (C=O) groups is 11. The summed E-state index contributed by atoms with van der Waals surface area (Å²) < 4.78 is 51.9. The largest absolute Gasteiger partial charge is 0.394 e. The van der Waals surface area contributed by atoms with Gasteiger partial charge in [0.2, 0.25) is 65.0 Å². The van der Waals surface area contributed by atoms with E-state index in [4.69, 9.17) is 42.6 Å². The third kappa shape index (κ3) is 39.0. The van der Waals surface area contributed by atoms with Gasteiger partial charge in [0.25, 0.3) is 0 Å². The van der Waals surface area contributed by atoms with Gasteiger partial charge in [-0.3, -0.25) is 52.7 Å². The summed E-state index contributed by atoms with van der Waals surface area (Å²) in [7, 11) is 1.46. The van der Waals surface area contributed by atoms with Crippen molar-refractivity contribution in [2.45, 2.75) is 234 Å². The van der Waals surface area contributed by atoms with Crippen LogP contribution in [0.1, 0.15) is 143 Å². The Bertz CT molecular complexity index is 2520. The molecule has 3 aliphatic rings. The Morgan fingerprint density at radius 2 is 0.689 bits per heavy atom. The zero-order chi connectivity index (χ0) is 78.2. The van der Waals surface area contributed by atoms with Crippen molar-refractivity contribution in [1.82, 2.24) is 58.5 Å². The molecule has 610 valence electrons. The predicted molar refractivity (Wildman–Crippen MR) is 371 cm³/mol. The number of nitrogens with one attached hydrogen (secondary N) is 11. The molecule has 11 amide bonds. The van der Waals surface area contributed by atoms with Crippen molar-refractivity contribution in [3.63, 3.8) is 0 Å². The maximum absolute atomic E-state index is 13.6. The Morgan fingerprint density at radius 1 is 0.368 bits per heavy atom.